The first kappa shape index (κ1) is 58.3. The molecule has 6 heteroatoms. The number of hydrogen-bond acceptors (Lipinski definition) is 2. The smallest absolute Gasteiger partial charge is 0.100 e. The monoisotopic (exact) mass is 1280 g/mol. The quantitative estimate of drug-likeness (QED) is 0.137. The van der Waals surface area contributed by atoms with Crippen molar-refractivity contribution in [3.63, 3.8) is 0 Å². The van der Waals surface area contributed by atoms with Crippen molar-refractivity contribution < 1.29 is 0 Å². The molecule has 14 aromatic carbocycles. The molecule has 0 N–H and O–H groups in total. The minimum atomic E-state index is 0.542. The van der Waals surface area contributed by atoms with Gasteiger partial charge in [-0.3, -0.25) is 0 Å². The van der Waals surface area contributed by atoms with Crippen LogP contribution in [0.1, 0.15) is 27.8 Å². The topological polar surface area (TPSA) is 56.4 Å². The Morgan fingerprint density at radius 1 is 0.230 bits per heavy atom. The van der Waals surface area contributed by atoms with Crippen LogP contribution in [0.25, 0.3) is 177 Å². The molecule has 19 rings (SSSR count). The number of aromatic nitrogens is 5. The van der Waals surface area contributed by atoms with Gasteiger partial charge in [0.05, 0.1) is 61.1 Å². The molecule has 5 aromatic heterocycles. The van der Waals surface area contributed by atoms with Crippen LogP contribution in [-0.4, -0.2) is 23.3 Å². The van der Waals surface area contributed by atoms with E-state index >= 15 is 0 Å². The summed E-state index contributed by atoms with van der Waals surface area (Å²) in [7, 11) is 0. The van der Waals surface area contributed by atoms with Gasteiger partial charge < -0.3 is 18.3 Å². The van der Waals surface area contributed by atoms with E-state index < -0.39 is 0 Å². The van der Waals surface area contributed by atoms with Crippen LogP contribution in [0.5, 0.6) is 0 Å². The van der Waals surface area contributed by atoms with E-state index in [1.165, 1.54) is 65.3 Å². The van der Waals surface area contributed by atoms with Crippen molar-refractivity contribution in [1.82, 2.24) is 23.3 Å². The molecule has 0 spiro atoms. The van der Waals surface area contributed by atoms with Gasteiger partial charge in [0.25, 0.3) is 0 Å². The van der Waals surface area contributed by atoms with Gasteiger partial charge in [0.2, 0.25) is 0 Å². The van der Waals surface area contributed by atoms with Crippen molar-refractivity contribution in [1.29, 1.82) is 5.26 Å². The Balaban J connectivity index is 0.925. The number of pyridine rings is 1. The molecule has 5 heterocycles. The molecule has 0 atom stereocenters. The van der Waals surface area contributed by atoms with Gasteiger partial charge >= 0.3 is 0 Å². The van der Waals surface area contributed by atoms with E-state index in [2.05, 4.69) is 361 Å². The van der Waals surface area contributed by atoms with Crippen LogP contribution in [-0.2, 0) is 0 Å². The summed E-state index contributed by atoms with van der Waals surface area (Å²) in [6.45, 7) is 8.65. The Morgan fingerprint density at radius 3 is 0.850 bits per heavy atom. The lowest BCUT2D eigenvalue weighted by atomic mass is 9.76. The van der Waals surface area contributed by atoms with Crippen molar-refractivity contribution in [2.45, 2.75) is 27.7 Å². The van der Waals surface area contributed by atoms with Gasteiger partial charge in [0, 0.05) is 93.7 Å². The zero-order valence-electron chi connectivity index (χ0n) is 55.7. The first-order chi connectivity index (χ1) is 49.2. The SMILES string of the molecule is Cc1ccc2c(c1)c1ccccc1n2-c1ccc(-c2c(C#N)c(-c3ccc(-n4c5ccccc5c5cc(C)ccc54)cc3)c(-c3cccc(-c4ccccc4)n3)c(-c3ccc(-n4c5ccccc5c5cc(C)ccc54)cc3)c2-c2ccc(-n3c4ccccc4c4cc(C)ccc43)cc2)cc1. The maximum absolute atomic E-state index is 12.7. The Morgan fingerprint density at radius 2 is 0.510 bits per heavy atom. The highest BCUT2D eigenvalue weighted by atomic mass is 15.0. The minimum Gasteiger partial charge on any atom is -0.309 e. The van der Waals surface area contributed by atoms with Gasteiger partial charge in [-0.15, -0.1) is 0 Å². The van der Waals surface area contributed by atoms with Gasteiger partial charge in [-0.1, -0.05) is 204 Å². The van der Waals surface area contributed by atoms with Crippen LogP contribution in [0, 0.1) is 39.0 Å². The van der Waals surface area contributed by atoms with E-state index in [0.29, 0.717) is 5.56 Å². The molecule has 470 valence electrons. The number of para-hydroxylation sites is 4. The predicted molar refractivity (Wildman–Crippen MR) is 418 cm³/mol. The molecule has 100 heavy (non-hydrogen) atoms. The molecule has 6 nitrogen and oxygen atoms in total. The molecule has 0 aliphatic rings. The number of benzene rings is 14. The van der Waals surface area contributed by atoms with Crippen molar-refractivity contribution in [2.24, 2.45) is 0 Å². The summed E-state index contributed by atoms with van der Waals surface area (Å²) in [5, 5.41) is 22.4. The third kappa shape index (κ3) is 9.20. The average molecular weight is 1280 g/mol. The number of fused-ring (bicyclic) bond motifs is 12. The second-order valence-corrected chi connectivity index (χ2v) is 26.8. The van der Waals surface area contributed by atoms with Crippen molar-refractivity contribution >= 4 is 87.2 Å². The summed E-state index contributed by atoms with van der Waals surface area (Å²) < 4.78 is 9.52. The molecule has 0 fully saturated rings. The molecule has 0 radical (unpaired) electrons. The van der Waals surface area contributed by atoms with Crippen molar-refractivity contribution in [3.8, 4) is 95.8 Å². The summed E-state index contributed by atoms with van der Waals surface area (Å²) in [4.78, 5) is 5.75. The van der Waals surface area contributed by atoms with Crippen LogP contribution >= 0.6 is 0 Å². The van der Waals surface area contributed by atoms with E-state index in [0.717, 1.165) is 134 Å². The average Bonchev–Trinajstić information content (AvgIpc) is 1.02. The molecular formula is C94H64N6. The van der Waals surface area contributed by atoms with E-state index in [4.69, 9.17) is 4.98 Å². The van der Waals surface area contributed by atoms with Crippen LogP contribution in [0.15, 0.2) is 315 Å². The third-order valence-corrected chi connectivity index (χ3v) is 20.7. The normalized spacial score (nSPS) is 11.8. The van der Waals surface area contributed by atoms with Crippen molar-refractivity contribution in [2.75, 3.05) is 0 Å². The van der Waals surface area contributed by atoms with Gasteiger partial charge in [-0.05, 0) is 189 Å². The van der Waals surface area contributed by atoms with E-state index in [1.54, 1.807) is 0 Å². The summed E-state index contributed by atoms with van der Waals surface area (Å²) in [5.74, 6) is 0. The number of nitriles is 1. The number of aryl methyl sites for hydroxylation is 4. The molecule has 0 bridgehead atoms. The molecule has 0 unspecified atom stereocenters. The Hall–Kier alpha value is -13.1. The summed E-state index contributed by atoms with van der Waals surface area (Å²) in [6.07, 6.45) is 0. The lowest BCUT2D eigenvalue weighted by molar-refractivity contribution is 1.18. The fraction of sp³-hybridized carbons (Fsp3) is 0.0426. The summed E-state index contributed by atoms with van der Waals surface area (Å²) in [5.41, 5.74) is 29.2. The first-order valence-corrected chi connectivity index (χ1v) is 34.3. The zero-order valence-corrected chi connectivity index (χ0v) is 55.7. The summed E-state index contributed by atoms with van der Waals surface area (Å²) in [6, 6.07) is 118. The number of nitrogens with zero attached hydrogens (tertiary/aromatic N) is 6. The fourth-order valence-corrected chi connectivity index (χ4v) is 16.2. The molecule has 0 amide bonds. The van der Waals surface area contributed by atoms with Gasteiger partial charge in [-0.2, -0.15) is 5.26 Å². The van der Waals surface area contributed by atoms with Gasteiger partial charge in [0.1, 0.15) is 6.07 Å². The van der Waals surface area contributed by atoms with E-state index in [-0.39, 0.29) is 0 Å². The lowest BCUT2D eigenvalue weighted by Gasteiger charge is -2.26. The Kier molecular flexibility index (Phi) is 13.4. The molecule has 0 aliphatic heterocycles. The largest absolute Gasteiger partial charge is 0.309 e. The van der Waals surface area contributed by atoms with Crippen LogP contribution in [0.3, 0.4) is 0 Å². The first-order valence-electron chi connectivity index (χ1n) is 34.3. The van der Waals surface area contributed by atoms with Gasteiger partial charge in [0.15, 0.2) is 0 Å². The van der Waals surface area contributed by atoms with Crippen LogP contribution in [0.4, 0.5) is 0 Å². The number of rotatable bonds is 10. The van der Waals surface area contributed by atoms with Crippen molar-refractivity contribution in [3.05, 3.63) is 343 Å². The second kappa shape index (κ2) is 23.1. The predicted octanol–water partition coefficient (Wildman–Crippen LogP) is 24.6. The fourth-order valence-electron chi connectivity index (χ4n) is 16.2. The highest BCUT2D eigenvalue weighted by molar-refractivity contribution is 6.15. The third-order valence-electron chi connectivity index (χ3n) is 20.7. The zero-order chi connectivity index (χ0) is 66.9. The maximum atomic E-state index is 12.7. The molecule has 19 aromatic rings. The number of hydrogen-bond donors (Lipinski definition) is 0. The van der Waals surface area contributed by atoms with Crippen LogP contribution in [0.2, 0.25) is 0 Å². The highest BCUT2D eigenvalue weighted by Crippen LogP contribution is 2.54. The Labute approximate surface area is 579 Å². The highest BCUT2D eigenvalue weighted by Gasteiger charge is 2.31. The van der Waals surface area contributed by atoms with Gasteiger partial charge in [-0.25, -0.2) is 4.98 Å². The second-order valence-electron chi connectivity index (χ2n) is 26.8. The van der Waals surface area contributed by atoms with Crippen LogP contribution < -0.4 is 0 Å². The lowest BCUT2D eigenvalue weighted by Crippen LogP contribution is -2.04. The standard InChI is InChI=1S/C94H64N6/c1-58-29-49-86-75(53-58)71-19-8-12-25-82(71)97(86)67-41-33-63(34-42-67)90-79(57-95)91(64-35-43-68(44-36-64)98-83-26-13-9-20-72(83)76-54-59(2)30-50-87(76)98)94(81-24-16-23-80(96-81)62-17-6-5-7-18-62)93(66-39-47-70(48-40-66)100-85-28-15-11-22-74(85)78-56-61(4)32-52-89(78)100)92(90)65-37-45-69(46-38-65)99-84-27-14-10-21-73(84)77-55-60(3)31-51-88(77)99/h5-56H,1-4H3. The molecular weight excluding hydrogens is 1210 g/mol. The molecule has 0 saturated heterocycles. The van der Waals surface area contributed by atoms with E-state index in [9.17, 15) is 5.26 Å². The summed E-state index contributed by atoms with van der Waals surface area (Å²) >= 11 is 0. The minimum absolute atomic E-state index is 0.542. The molecule has 0 aliphatic carbocycles. The maximum Gasteiger partial charge on any atom is 0.100 e. The van der Waals surface area contributed by atoms with E-state index in [1.807, 2.05) is 6.07 Å². The Bertz CT molecular complexity index is 6590. The molecule has 0 saturated carbocycles.